The highest BCUT2D eigenvalue weighted by Gasteiger charge is 2.23. The zero-order valence-corrected chi connectivity index (χ0v) is 19.1. The van der Waals surface area contributed by atoms with Gasteiger partial charge in [0.25, 0.3) is 0 Å². The topological polar surface area (TPSA) is 89.6 Å². The van der Waals surface area contributed by atoms with E-state index in [9.17, 15) is 14.0 Å². The predicted molar refractivity (Wildman–Crippen MR) is 130 cm³/mol. The second kappa shape index (κ2) is 10.3. The SMILES string of the molecule is CN(C)Cc1cc(NC(=O)N2CCc3c(cccc3NC(=O)Nc3ccccc3F)C2)ccn1. The molecule has 4 amide bonds. The van der Waals surface area contributed by atoms with Crippen molar-refractivity contribution in [1.29, 1.82) is 0 Å². The van der Waals surface area contributed by atoms with Crippen molar-refractivity contribution in [2.24, 2.45) is 0 Å². The molecule has 4 rings (SSSR count). The number of nitrogens with one attached hydrogen (secondary N) is 3. The molecule has 9 heteroatoms. The Hall–Kier alpha value is -3.98. The quantitative estimate of drug-likeness (QED) is 0.520. The van der Waals surface area contributed by atoms with Crippen LogP contribution in [0.2, 0.25) is 0 Å². The number of fused-ring (bicyclic) bond motifs is 1. The van der Waals surface area contributed by atoms with E-state index in [-0.39, 0.29) is 11.7 Å². The molecular weight excluding hydrogens is 435 g/mol. The fourth-order valence-electron chi connectivity index (χ4n) is 3.91. The summed E-state index contributed by atoms with van der Waals surface area (Å²) < 4.78 is 13.8. The van der Waals surface area contributed by atoms with Crippen LogP contribution in [-0.4, -0.2) is 47.5 Å². The highest BCUT2D eigenvalue weighted by Crippen LogP contribution is 2.27. The number of carbonyl (C=O) groups is 2. The van der Waals surface area contributed by atoms with Crippen molar-refractivity contribution >= 4 is 29.1 Å². The van der Waals surface area contributed by atoms with Gasteiger partial charge >= 0.3 is 12.1 Å². The first-order valence-corrected chi connectivity index (χ1v) is 11.0. The van der Waals surface area contributed by atoms with E-state index >= 15 is 0 Å². The van der Waals surface area contributed by atoms with E-state index in [4.69, 9.17) is 0 Å². The summed E-state index contributed by atoms with van der Waals surface area (Å²) >= 11 is 0. The maximum absolute atomic E-state index is 13.8. The molecule has 0 spiro atoms. The molecule has 0 unspecified atom stereocenters. The lowest BCUT2D eigenvalue weighted by Gasteiger charge is -2.30. The summed E-state index contributed by atoms with van der Waals surface area (Å²) in [4.78, 5) is 33.4. The summed E-state index contributed by atoms with van der Waals surface area (Å²) in [5, 5.41) is 8.28. The monoisotopic (exact) mass is 462 g/mol. The van der Waals surface area contributed by atoms with Crippen molar-refractivity contribution in [3.8, 4) is 0 Å². The molecule has 176 valence electrons. The Morgan fingerprint density at radius 2 is 1.79 bits per heavy atom. The molecule has 2 heterocycles. The lowest BCUT2D eigenvalue weighted by atomic mass is 9.98. The number of hydrogen-bond acceptors (Lipinski definition) is 4. The van der Waals surface area contributed by atoms with Crippen LogP contribution in [0, 0.1) is 5.82 Å². The molecule has 0 fully saturated rings. The number of halogens is 1. The largest absolute Gasteiger partial charge is 0.323 e. The number of urea groups is 2. The Kier molecular flexibility index (Phi) is 7.03. The number of pyridine rings is 1. The number of rotatable bonds is 5. The minimum Gasteiger partial charge on any atom is -0.320 e. The van der Waals surface area contributed by atoms with Gasteiger partial charge < -0.3 is 25.8 Å². The lowest BCUT2D eigenvalue weighted by Crippen LogP contribution is -2.39. The first kappa shape index (κ1) is 23.2. The van der Waals surface area contributed by atoms with Crippen LogP contribution < -0.4 is 16.0 Å². The number of anilines is 3. The molecule has 0 bridgehead atoms. The molecule has 2 aromatic carbocycles. The molecule has 34 heavy (non-hydrogen) atoms. The van der Waals surface area contributed by atoms with Crippen LogP contribution in [0.1, 0.15) is 16.8 Å². The van der Waals surface area contributed by atoms with Gasteiger partial charge in [0.05, 0.1) is 11.4 Å². The molecule has 0 aliphatic carbocycles. The van der Waals surface area contributed by atoms with Crippen molar-refractivity contribution in [2.45, 2.75) is 19.5 Å². The van der Waals surface area contributed by atoms with Crippen LogP contribution in [0.25, 0.3) is 0 Å². The molecule has 3 aromatic rings. The highest BCUT2D eigenvalue weighted by molar-refractivity contribution is 6.00. The van der Waals surface area contributed by atoms with Crippen molar-refractivity contribution in [3.05, 3.63) is 83.4 Å². The Morgan fingerprint density at radius 3 is 2.59 bits per heavy atom. The lowest BCUT2D eigenvalue weighted by molar-refractivity contribution is 0.206. The number of para-hydroxylation sites is 1. The van der Waals surface area contributed by atoms with Gasteiger partial charge in [0.15, 0.2) is 0 Å². The Bertz CT molecular complexity index is 1200. The minimum atomic E-state index is -0.523. The Labute approximate surface area is 197 Å². The van der Waals surface area contributed by atoms with Crippen LogP contribution in [0.5, 0.6) is 0 Å². The summed E-state index contributed by atoms with van der Waals surface area (Å²) in [6, 6.07) is 14.5. The van der Waals surface area contributed by atoms with Crippen LogP contribution in [0.15, 0.2) is 60.8 Å². The third-order valence-electron chi connectivity index (χ3n) is 5.47. The standard InChI is InChI=1S/C25H27FN6O2/c1-31(2)16-19-14-18(10-12-27-19)28-25(34)32-13-11-20-17(15-32)6-5-9-22(20)29-24(33)30-23-8-4-3-7-21(23)26/h3-10,12,14H,11,13,15-16H2,1-2H3,(H,27,28,34)(H2,29,30,33). The number of amides is 4. The van der Waals surface area contributed by atoms with Crippen molar-refractivity contribution < 1.29 is 14.0 Å². The number of carbonyl (C=O) groups excluding carboxylic acids is 2. The Balaban J connectivity index is 1.40. The maximum Gasteiger partial charge on any atom is 0.323 e. The van der Waals surface area contributed by atoms with Crippen LogP contribution in [-0.2, 0) is 19.5 Å². The number of benzene rings is 2. The highest BCUT2D eigenvalue weighted by atomic mass is 19.1. The normalized spacial score (nSPS) is 12.8. The zero-order chi connectivity index (χ0) is 24.1. The molecule has 1 aliphatic heterocycles. The number of hydrogen-bond donors (Lipinski definition) is 3. The van der Waals surface area contributed by atoms with E-state index < -0.39 is 11.8 Å². The molecule has 0 radical (unpaired) electrons. The summed E-state index contributed by atoms with van der Waals surface area (Å²) in [6.45, 7) is 1.60. The van der Waals surface area contributed by atoms with E-state index in [1.54, 1.807) is 35.4 Å². The molecule has 0 atom stereocenters. The van der Waals surface area contributed by atoms with E-state index in [0.717, 1.165) is 16.8 Å². The fourth-order valence-corrected chi connectivity index (χ4v) is 3.91. The first-order valence-electron chi connectivity index (χ1n) is 11.0. The van der Waals surface area contributed by atoms with E-state index in [0.29, 0.717) is 37.4 Å². The number of aromatic nitrogens is 1. The van der Waals surface area contributed by atoms with Gasteiger partial charge in [-0.3, -0.25) is 4.98 Å². The van der Waals surface area contributed by atoms with Gasteiger partial charge in [-0.15, -0.1) is 0 Å². The smallest absolute Gasteiger partial charge is 0.320 e. The van der Waals surface area contributed by atoms with Crippen molar-refractivity contribution in [2.75, 3.05) is 36.6 Å². The molecule has 8 nitrogen and oxygen atoms in total. The molecule has 0 saturated heterocycles. The maximum atomic E-state index is 13.8. The van der Waals surface area contributed by atoms with E-state index in [1.165, 1.54) is 12.1 Å². The summed E-state index contributed by atoms with van der Waals surface area (Å²) in [5.41, 5.74) is 4.24. The minimum absolute atomic E-state index is 0.109. The molecule has 0 saturated carbocycles. The van der Waals surface area contributed by atoms with Crippen LogP contribution >= 0.6 is 0 Å². The van der Waals surface area contributed by atoms with Crippen molar-refractivity contribution in [3.63, 3.8) is 0 Å². The summed E-state index contributed by atoms with van der Waals surface area (Å²) in [5.74, 6) is -0.502. The zero-order valence-electron chi connectivity index (χ0n) is 19.1. The second-order valence-corrected chi connectivity index (χ2v) is 8.38. The van der Waals surface area contributed by atoms with Gasteiger partial charge in [0.2, 0.25) is 0 Å². The first-order chi connectivity index (χ1) is 16.4. The second-order valence-electron chi connectivity index (χ2n) is 8.38. The third kappa shape index (κ3) is 5.68. The summed E-state index contributed by atoms with van der Waals surface area (Å²) in [6.07, 6.45) is 2.27. The van der Waals surface area contributed by atoms with Gasteiger partial charge in [-0.25, -0.2) is 14.0 Å². The molecule has 1 aliphatic rings. The van der Waals surface area contributed by atoms with Gasteiger partial charge in [-0.05, 0) is 62.0 Å². The molecular formula is C25H27FN6O2. The summed E-state index contributed by atoms with van der Waals surface area (Å²) in [7, 11) is 3.93. The average molecular weight is 463 g/mol. The molecule has 3 N–H and O–H groups in total. The van der Waals surface area contributed by atoms with Gasteiger partial charge in [0, 0.05) is 37.2 Å². The fraction of sp³-hybridized carbons (Fsp3) is 0.240. The average Bonchev–Trinajstić information content (AvgIpc) is 2.80. The van der Waals surface area contributed by atoms with Crippen molar-refractivity contribution in [1.82, 2.24) is 14.8 Å². The van der Waals surface area contributed by atoms with Gasteiger partial charge in [-0.1, -0.05) is 24.3 Å². The Morgan fingerprint density at radius 1 is 1.03 bits per heavy atom. The van der Waals surface area contributed by atoms with Crippen LogP contribution in [0.4, 0.5) is 31.0 Å². The van der Waals surface area contributed by atoms with Crippen LogP contribution in [0.3, 0.4) is 0 Å². The predicted octanol–water partition coefficient (Wildman–Crippen LogP) is 4.52. The van der Waals surface area contributed by atoms with E-state index in [2.05, 4.69) is 20.9 Å². The molecule has 1 aromatic heterocycles. The number of nitrogens with zero attached hydrogens (tertiary/aromatic N) is 3. The van der Waals surface area contributed by atoms with Gasteiger partial charge in [0.1, 0.15) is 5.82 Å². The van der Waals surface area contributed by atoms with E-state index in [1.807, 2.05) is 37.2 Å². The van der Waals surface area contributed by atoms with Gasteiger partial charge in [-0.2, -0.15) is 0 Å². The third-order valence-corrected chi connectivity index (χ3v) is 5.47.